The molecular weight excluding hydrogens is 381 g/mol. The molecule has 28 heavy (non-hydrogen) atoms. The van der Waals surface area contributed by atoms with E-state index < -0.39 is 5.82 Å². The Balaban J connectivity index is 1.39. The topological polar surface area (TPSA) is 52.7 Å². The first kappa shape index (κ1) is 21.1. The maximum absolute atomic E-state index is 13.4. The molecule has 154 valence electrons. The van der Waals surface area contributed by atoms with E-state index in [-0.39, 0.29) is 22.4 Å². The molecule has 1 aromatic carbocycles. The largest absolute Gasteiger partial charge is 0.352 e. The van der Waals surface area contributed by atoms with Crippen LogP contribution in [-0.2, 0) is 4.79 Å². The Bertz CT molecular complexity index is 681. The molecule has 0 spiro atoms. The average Bonchev–Trinajstić information content (AvgIpc) is 3.20. The zero-order chi connectivity index (χ0) is 20.1. The van der Waals surface area contributed by atoms with Gasteiger partial charge in [0.25, 0.3) is 5.91 Å². The number of nitrogens with zero attached hydrogens (tertiary/aromatic N) is 2. The summed E-state index contributed by atoms with van der Waals surface area (Å²) in [6.07, 6.45) is 6.57. The van der Waals surface area contributed by atoms with Gasteiger partial charge in [-0.2, -0.15) is 0 Å². The van der Waals surface area contributed by atoms with Gasteiger partial charge >= 0.3 is 0 Å². The number of benzene rings is 1. The van der Waals surface area contributed by atoms with Crippen molar-refractivity contribution in [3.8, 4) is 0 Å². The fourth-order valence-corrected chi connectivity index (χ4v) is 4.39. The lowest BCUT2D eigenvalue weighted by Crippen LogP contribution is -2.45. The second-order valence-electron chi connectivity index (χ2n) is 8.03. The lowest BCUT2D eigenvalue weighted by atomic mass is 9.96. The van der Waals surface area contributed by atoms with Crippen LogP contribution in [0.3, 0.4) is 0 Å². The van der Waals surface area contributed by atoms with Gasteiger partial charge in [0.1, 0.15) is 5.82 Å². The van der Waals surface area contributed by atoms with E-state index in [1.807, 2.05) is 11.9 Å². The van der Waals surface area contributed by atoms with Crippen LogP contribution in [0.15, 0.2) is 18.2 Å². The van der Waals surface area contributed by atoms with Crippen LogP contribution >= 0.6 is 11.6 Å². The minimum absolute atomic E-state index is 0.210. The lowest BCUT2D eigenvalue weighted by Gasteiger charge is -2.33. The number of halogens is 2. The van der Waals surface area contributed by atoms with E-state index in [1.165, 1.54) is 31.0 Å². The molecule has 0 atom stereocenters. The number of piperidine rings is 1. The fraction of sp³-hybridized carbons (Fsp3) is 0.619. The fourth-order valence-electron chi connectivity index (χ4n) is 4.17. The predicted octanol–water partition coefficient (Wildman–Crippen LogP) is 3.32. The van der Waals surface area contributed by atoms with Gasteiger partial charge in [-0.3, -0.25) is 14.5 Å². The van der Waals surface area contributed by atoms with Crippen molar-refractivity contribution >= 4 is 23.4 Å². The standard InChI is InChI=1S/C21H29ClFN3O2/c1-25(19-4-2-3-5-19)20(27)14-26-8-6-15(7-9-26)13-24-21(28)16-10-17(22)12-18(23)11-16/h10-12,15,19H,2-9,13-14H2,1H3,(H,24,28). The monoisotopic (exact) mass is 409 g/mol. The Kier molecular flexibility index (Phi) is 7.30. The van der Waals surface area contributed by atoms with Crippen molar-refractivity contribution in [1.29, 1.82) is 0 Å². The molecule has 1 saturated heterocycles. The molecule has 0 radical (unpaired) electrons. The first-order chi connectivity index (χ1) is 13.4. The molecule has 1 heterocycles. The maximum Gasteiger partial charge on any atom is 0.251 e. The van der Waals surface area contributed by atoms with Crippen molar-refractivity contribution in [2.75, 3.05) is 33.2 Å². The number of nitrogens with one attached hydrogen (secondary N) is 1. The number of likely N-dealkylation sites (N-methyl/N-ethyl adjacent to an activating group) is 1. The van der Waals surface area contributed by atoms with Crippen molar-refractivity contribution in [3.63, 3.8) is 0 Å². The molecule has 1 aliphatic carbocycles. The molecule has 0 bridgehead atoms. The minimum atomic E-state index is -0.516. The number of carbonyl (C=O) groups excluding carboxylic acids is 2. The van der Waals surface area contributed by atoms with E-state index in [1.54, 1.807) is 0 Å². The highest BCUT2D eigenvalue weighted by Crippen LogP contribution is 2.23. The van der Waals surface area contributed by atoms with Gasteiger partial charge in [0.2, 0.25) is 5.91 Å². The number of amides is 2. The number of likely N-dealkylation sites (tertiary alicyclic amines) is 1. The molecule has 1 aliphatic heterocycles. The Morgan fingerprint density at radius 1 is 1.18 bits per heavy atom. The number of carbonyl (C=O) groups is 2. The highest BCUT2D eigenvalue weighted by atomic mass is 35.5. The third-order valence-electron chi connectivity index (χ3n) is 6.01. The van der Waals surface area contributed by atoms with Crippen LogP contribution in [0.25, 0.3) is 0 Å². The van der Waals surface area contributed by atoms with Crippen molar-refractivity contribution < 1.29 is 14.0 Å². The van der Waals surface area contributed by atoms with Crippen LogP contribution in [0.4, 0.5) is 4.39 Å². The summed E-state index contributed by atoms with van der Waals surface area (Å²) >= 11 is 5.81. The Morgan fingerprint density at radius 2 is 1.86 bits per heavy atom. The summed E-state index contributed by atoms with van der Waals surface area (Å²) in [7, 11) is 1.93. The normalized spacial score (nSPS) is 19.0. The van der Waals surface area contributed by atoms with Gasteiger partial charge in [-0.15, -0.1) is 0 Å². The van der Waals surface area contributed by atoms with Crippen LogP contribution in [0.2, 0.25) is 5.02 Å². The highest BCUT2D eigenvalue weighted by molar-refractivity contribution is 6.31. The molecule has 7 heteroatoms. The molecule has 2 aliphatic rings. The first-order valence-electron chi connectivity index (χ1n) is 10.1. The van der Waals surface area contributed by atoms with Crippen LogP contribution in [0, 0.1) is 11.7 Å². The van der Waals surface area contributed by atoms with Gasteiger partial charge in [0.15, 0.2) is 0 Å². The number of hydrogen-bond donors (Lipinski definition) is 1. The van der Waals surface area contributed by atoms with Crippen molar-refractivity contribution in [3.05, 3.63) is 34.6 Å². The second-order valence-corrected chi connectivity index (χ2v) is 8.47. The van der Waals surface area contributed by atoms with Gasteiger partial charge in [-0.05, 0) is 62.9 Å². The van der Waals surface area contributed by atoms with Crippen LogP contribution < -0.4 is 5.32 Å². The van der Waals surface area contributed by atoms with E-state index in [0.29, 0.717) is 25.0 Å². The summed E-state index contributed by atoms with van der Waals surface area (Å²) in [5.74, 6) is -0.246. The van der Waals surface area contributed by atoms with Gasteiger partial charge in [0.05, 0.1) is 6.54 Å². The Labute approximate surface area is 171 Å². The SMILES string of the molecule is CN(C(=O)CN1CCC(CNC(=O)c2cc(F)cc(Cl)c2)CC1)C1CCCC1. The van der Waals surface area contributed by atoms with Crippen molar-refractivity contribution in [2.45, 2.75) is 44.6 Å². The highest BCUT2D eigenvalue weighted by Gasteiger charge is 2.26. The van der Waals surface area contributed by atoms with Gasteiger partial charge in [0, 0.05) is 30.2 Å². The zero-order valence-electron chi connectivity index (χ0n) is 16.4. The maximum atomic E-state index is 13.4. The van der Waals surface area contributed by atoms with Crippen LogP contribution in [0.1, 0.15) is 48.9 Å². The summed E-state index contributed by atoms with van der Waals surface area (Å²) in [5.41, 5.74) is 0.239. The van der Waals surface area contributed by atoms with Crippen LogP contribution in [-0.4, -0.2) is 60.9 Å². The summed E-state index contributed by atoms with van der Waals surface area (Å²) in [5, 5.41) is 3.09. The molecule has 2 fully saturated rings. The molecule has 1 N–H and O–H groups in total. The predicted molar refractivity (Wildman–Crippen MR) is 108 cm³/mol. The lowest BCUT2D eigenvalue weighted by molar-refractivity contribution is -0.133. The van der Waals surface area contributed by atoms with Crippen molar-refractivity contribution in [2.24, 2.45) is 5.92 Å². The molecule has 1 saturated carbocycles. The molecule has 0 unspecified atom stereocenters. The summed E-state index contributed by atoms with van der Waals surface area (Å²) in [4.78, 5) is 28.8. The van der Waals surface area contributed by atoms with E-state index in [2.05, 4.69) is 10.2 Å². The van der Waals surface area contributed by atoms with Gasteiger partial charge in [-0.25, -0.2) is 4.39 Å². The van der Waals surface area contributed by atoms with E-state index >= 15 is 0 Å². The second kappa shape index (κ2) is 9.70. The molecular formula is C21H29ClFN3O2. The summed E-state index contributed by atoms with van der Waals surface area (Å²) in [6.45, 7) is 2.75. The third kappa shape index (κ3) is 5.67. The molecule has 3 rings (SSSR count). The Hall–Kier alpha value is -1.66. The molecule has 5 nitrogen and oxygen atoms in total. The smallest absolute Gasteiger partial charge is 0.251 e. The van der Waals surface area contributed by atoms with Crippen LogP contribution in [0.5, 0.6) is 0 Å². The molecule has 0 aromatic heterocycles. The zero-order valence-corrected chi connectivity index (χ0v) is 17.2. The summed E-state index contributed by atoms with van der Waals surface area (Å²) in [6, 6.07) is 4.25. The number of hydrogen-bond acceptors (Lipinski definition) is 3. The molecule has 1 aromatic rings. The van der Waals surface area contributed by atoms with Gasteiger partial charge in [-0.1, -0.05) is 24.4 Å². The summed E-state index contributed by atoms with van der Waals surface area (Å²) < 4.78 is 13.4. The van der Waals surface area contributed by atoms with E-state index in [0.717, 1.165) is 38.8 Å². The van der Waals surface area contributed by atoms with Crippen molar-refractivity contribution in [1.82, 2.24) is 15.1 Å². The molecule has 2 amide bonds. The Morgan fingerprint density at radius 3 is 2.50 bits per heavy atom. The quantitative estimate of drug-likeness (QED) is 0.784. The van der Waals surface area contributed by atoms with Gasteiger partial charge < -0.3 is 10.2 Å². The van der Waals surface area contributed by atoms with E-state index in [9.17, 15) is 14.0 Å². The van der Waals surface area contributed by atoms with E-state index in [4.69, 9.17) is 11.6 Å². The minimum Gasteiger partial charge on any atom is -0.352 e. The first-order valence-corrected chi connectivity index (χ1v) is 10.5. The average molecular weight is 410 g/mol. The number of rotatable bonds is 6. The third-order valence-corrected chi connectivity index (χ3v) is 6.23.